The van der Waals surface area contributed by atoms with Crippen LogP contribution in [0.4, 0.5) is 5.69 Å². The number of pyridine rings is 1. The number of carbonyl (C=O) groups excluding carboxylic acids is 2. The van der Waals surface area contributed by atoms with Crippen molar-refractivity contribution in [1.29, 1.82) is 0 Å². The molecule has 1 aliphatic rings. The van der Waals surface area contributed by atoms with Crippen LogP contribution in [0, 0.1) is 11.8 Å². The number of aromatic nitrogens is 1. The van der Waals surface area contributed by atoms with Gasteiger partial charge < -0.3 is 16.4 Å². The van der Waals surface area contributed by atoms with Gasteiger partial charge in [-0.15, -0.1) is 11.3 Å². The van der Waals surface area contributed by atoms with E-state index in [1.807, 2.05) is 12.1 Å². The normalized spacial score (nSPS) is 15.9. The highest BCUT2D eigenvalue weighted by Crippen LogP contribution is 2.34. The number of carbonyl (C=O) groups is 2. The van der Waals surface area contributed by atoms with Crippen LogP contribution in [0.1, 0.15) is 42.1 Å². The number of hydrogen-bond donors (Lipinski definition) is 2. The summed E-state index contributed by atoms with van der Waals surface area (Å²) in [5.41, 5.74) is 13.1. The number of likely N-dealkylation sites (tertiary alicyclic amines) is 1. The van der Waals surface area contributed by atoms with E-state index in [-0.39, 0.29) is 17.7 Å². The molecular weight excluding hydrogens is 336 g/mol. The third kappa shape index (κ3) is 3.61. The summed E-state index contributed by atoms with van der Waals surface area (Å²) < 4.78 is 0. The lowest BCUT2D eigenvalue weighted by Crippen LogP contribution is -2.41. The number of amides is 2. The SMILES string of the molecule is CC(C)Cc1ccc2c(N)c(C(=O)N3CCC(C(N)=O)CC3)sc2n1. The number of nitrogens with zero attached hydrogens (tertiary/aromatic N) is 2. The highest BCUT2D eigenvalue weighted by Gasteiger charge is 2.29. The van der Waals surface area contributed by atoms with Crippen LogP contribution >= 0.6 is 11.3 Å². The first-order chi connectivity index (χ1) is 11.9. The van der Waals surface area contributed by atoms with Crippen molar-refractivity contribution >= 4 is 39.1 Å². The van der Waals surface area contributed by atoms with Gasteiger partial charge in [0.25, 0.3) is 5.91 Å². The van der Waals surface area contributed by atoms with Crippen LogP contribution in [0.5, 0.6) is 0 Å². The molecule has 1 saturated heterocycles. The molecule has 0 aliphatic carbocycles. The van der Waals surface area contributed by atoms with Crippen LogP contribution in [-0.4, -0.2) is 34.8 Å². The predicted octanol–water partition coefficient (Wildman–Crippen LogP) is 2.41. The summed E-state index contributed by atoms with van der Waals surface area (Å²) in [6.45, 7) is 5.37. The molecule has 0 spiro atoms. The highest BCUT2D eigenvalue weighted by molar-refractivity contribution is 7.21. The van der Waals surface area contributed by atoms with Gasteiger partial charge in [0.05, 0.1) is 5.69 Å². The monoisotopic (exact) mass is 360 g/mol. The van der Waals surface area contributed by atoms with Crippen molar-refractivity contribution < 1.29 is 9.59 Å². The van der Waals surface area contributed by atoms with E-state index in [0.29, 0.717) is 42.4 Å². The number of thiophene rings is 1. The van der Waals surface area contributed by atoms with E-state index in [4.69, 9.17) is 11.5 Å². The Labute approximate surface area is 151 Å². The maximum absolute atomic E-state index is 12.8. The lowest BCUT2D eigenvalue weighted by molar-refractivity contribution is -0.123. The van der Waals surface area contributed by atoms with Crippen LogP contribution in [0.3, 0.4) is 0 Å². The molecule has 2 amide bonds. The molecule has 0 bridgehead atoms. The lowest BCUT2D eigenvalue weighted by Gasteiger charge is -2.30. The quantitative estimate of drug-likeness (QED) is 0.874. The van der Waals surface area contributed by atoms with Crippen molar-refractivity contribution in [2.24, 2.45) is 17.6 Å². The van der Waals surface area contributed by atoms with Crippen molar-refractivity contribution in [2.75, 3.05) is 18.8 Å². The van der Waals surface area contributed by atoms with Crippen molar-refractivity contribution in [3.8, 4) is 0 Å². The Balaban J connectivity index is 1.82. The number of anilines is 1. The molecule has 1 fully saturated rings. The van der Waals surface area contributed by atoms with Crippen molar-refractivity contribution in [1.82, 2.24) is 9.88 Å². The average molecular weight is 360 g/mol. The molecule has 4 N–H and O–H groups in total. The third-order valence-corrected chi connectivity index (χ3v) is 5.75. The smallest absolute Gasteiger partial charge is 0.266 e. The van der Waals surface area contributed by atoms with Crippen LogP contribution < -0.4 is 11.5 Å². The molecule has 134 valence electrons. The second-order valence-electron chi connectivity index (χ2n) is 7.07. The average Bonchev–Trinajstić information content (AvgIpc) is 2.90. The predicted molar refractivity (Wildman–Crippen MR) is 100 cm³/mol. The number of nitrogen functional groups attached to an aromatic ring is 1. The fourth-order valence-corrected chi connectivity index (χ4v) is 4.32. The number of rotatable bonds is 4. The van der Waals surface area contributed by atoms with Gasteiger partial charge in [0.1, 0.15) is 9.71 Å². The summed E-state index contributed by atoms with van der Waals surface area (Å²) >= 11 is 1.36. The van der Waals surface area contributed by atoms with Gasteiger partial charge in [-0.2, -0.15) is 0 Å². The van der Waals surface area contributed by atoms with E-state index < -0.39 is 0 Å². The molecule has 0 saturated carbocycles. The Morgan fingerprint density at radius 3 is 2.60 bits per heavy atom. The topological polar surface area (TPSA) is 102 Å². The van der Waals surface area contributed by atoms with Crippen LogP contribution in [0.2, 0.25) is 0 Å². The minimum absolute atomic E-state index is 0.0752. The molecule has 3 rings (SSSR count). The molecule has 1 aliphatic heterocycles. The molecule has 25 heavy (non-hydrogen) atoms. The molecule has 7 heteroatoms. The van der Waals surface area contributed by atoms with Gasteiger partial charge >= 0.3 is 0 Å². The summed E-state index contributed by atoms with van der Waals surface area (Å²) in [6.07, 6.45) is 2.13. The van der Waals surface area contributed by atoms with E-state index in [1.165, 1.54) is 11.3 Å². The first-order valence-corrected chi connectivity index (χ1v) is 9.45. The Morgan fingerprint density at radius 2 is 2.00 bits per heavy atom. The second-order valence-corrected chi connectivity index (χ2v) is 8.07. The number of fused-ring (bicyclic) bond motifs is 1. The molecule has 2 aromatic heterocycles. The summed E-state index contributed by atoms with van der Waals surface area (Å²) in [6, 6.07) is 3.94. The molecular formula is C18H24N4O2S. The van der Waals surface area contributed by atoms with Gasteiger partial charge in [0.15, 0.2) is 0 Å². The zero-order valence-electron chi connectivity index (χ0n) is 14.6. The van der Waals surface area contributed by atoms with E-state index in [2.05, 4.69) is 18.8 Å². The molecule has 6 nitrogen and oxygen atoms in total. The Hall–Kier alpha value is -2.15. The van der Waals surface area contributed by atoms with E-state index in [0.717, 1.165) is 22.3 Å². The van der Waals surface area contributed by atoms with Crippen LogP contribution in [0.25, 0.3) is 10.2 Å². The molecule has 2 aromatic rings. The number of nitrogens with two attached hydrogens (primary N) is 2. The maximum atomic E-state index is 12.8. The summed E-state index contributed by atoms with van der Waals surface area (Å²) in [4.78, 5) is 31.9. The maximum Gasteiger partial charge on any atom is 0.266 e. The summed E-state index contributed by atoms with van der Waals surface area (Å²) in [5.74, 6) is 0.0307. The van der Waals surface area contributed by atoms with Gasteiger partial charge in [-0.25, -0.2) is 4.98 Å². The summed E-state index contributed by atoms with van der Waals surface area (Å²) in [5, 5.41) is 0.841. The first kappa shape index (κ1) is 17.7. The Morgan fingerprint density at radius 1 is 1.32 bits per heavy atom. The first-order valence-electron chi connectivity index (χ1n) is 8.63. The molecule has 0 unspecified atom stereocenters. The standard InChI is InChI=1S/C18H24N4O2S/c1-10(2)9-12-3-4-13-14(19)15(25-17(13)21-12)18(24)22-7-5-11(6-8-22)16(20)23/h3-4,10-11H,5-9,19H2,1-2H3,(H2,20,23). The zero-order chi connectivity index (χ0) is 18.1. The van der Waals surface area contributed by atoms with Gasteiger partial charge in [-0.3, -0.25) is 9.59 Å². The molecule has 0 aromatic carbocycles. The number of primary amides is 1. The Kier molecular flexibility index (Phi) is 4.94. The summed E-state index contributed by atoms with van der Waals surface area (Å²) in [7, 11) is 0. The van der Waals surface area contributed by atoms with E-state index in [9.17, 15) is 9.59 Å². The fraction of sp³-hybridized carbons (Fsp3) is 0.500. The largest absolute Gasteiger partial charge is 0.397 e. The van der Waals surface area contributed by atoms with E-state index in [1.54, 1.807) is 4.90 Å². The zero-order valence-corrected chi connectivity index (χ0v) is 15.4. The van der Waals surface area contributed by atoms with Crippen molar-refractivity contribution in [2.45, 2.75) is 33.1 Å². The molecule has 0 radical (unpaired) electrons. The second kappa shape index (κ2) is 7.00. The van der Waals surface area contributed by atoms with Crippen LogP contribution in [-0.2, 0) is 11.2 Å². The van der Waals surface area contributed by atoms with Gasteiger partial charge in [0, 0.05) is 30.1 Å². The van der Waals surface area contributed by atoms with Gasteiger partial charge in [0.2, 0.25) is 5.91 Å². The minimum atomic E-state index is -0.282. The lowest BCUT2D eigenvalue weighted by atomic mass is 9.96. The van der Waals surface area contributed by atoms with Crippen LogP contribution in [0.15, 0.2) is 12.1 Å². The number of hydrogen-bond acceptors (Lipinski definition) is 5. The van der Waals surface area contributed by atoms with Gasteiger partial charge in [-0.05, 0) is 37.3 Å². The van der Waals surface area contributed by atoms with Gasteiger partial charge in [-0.1, -0.05) is 13.8 Å². The van der Waals surface area contributed by atoms with Crippen molar-refractivity contribution in [3.05, 3.63) is 22.7 Å². The molecule has 3 heterocycles. The minimum Gasteiger partial charge on any atom is -0.397 e. The number of piperidine rings is 1. The van der Waals surface area contributed by atoms with E-state index >= 15 is 0 Å². The third-order valence-electron chi connectivity index (χ3n) is 4.65. The Bertz CT molecular complexity index is 807. The van der Waals surface area contributed by atoms with Crippen molar-refractivity contribution in [3.63, 3.8) is 0 Å². The fourth-order valence-electron chi connectivity index (χ4n) is 3.24. The molecule has 0 atom stereocenters. The highest BCUT2D eigenvalue weighted by atomic mass is 32.1.